The number of nitrogens with zero attached hydrogens (tertiary/aromatic N) is 1. The van der Waals surface area contributed by atoms with E-state index < -0.39 is 0 Å². The molecule has 1 amide bonds. The zero-order valence-electron chi connectivity index (χ0n) is 10.4. The van der Waals surface area contributed by atoms with Crippen LogP contribution in [0.1, 0.15) is 39.3 Å². The molecule has 0 spiro atoms. The number of hydrogen-bond donors (Lipinski definition) is 0. The monoisotopic (exact) mass is 217 g/mol. The summed E-state index contributed by atoms with van der Waals surface area (Å²) in [7, 11) is 0. The van der Waals surface area contributed by atoms with Gasteiger partial charge in [0.05, 0.1) is 12.0 Å². The van der Waals surface area contributed by atoms with Gasteiger partial charge in [-0.3, -0.25) is 4.79 Å². The van der Waals surface area contributed by atoms with E-state index in [0.717, 1.165) is 0 Å². The molecule has 2 atom stereocenters. The first kappa shape index (κ1) is 11.2. The van der Waals surface area contributed by atoms with Gasteiger partial charge in [-0.25, -0.2) is 0 Å². The van der Waals surface area contributed by atoms with E-state index in [4.69, 9.17) is 0 Å². The molecule has 1 aromatic carbocycles. The van der Waals surface area contributed by atoms with Crippen LogP contribution in [0.15, 0.2) is 30.3 Å². The van der Waals surface area contributed by atoms with Crippen molar-refractivity contribution in [2.45, 2.75) is 39.3 Å². The molecule has 0 aliphatic carbocycles. The van der Waals surface area contributed by atoms with Crippen LogP contribution in [0.2, 0.25) is 0 Å². The minimum Gasteiger partial charge on any atom is -0.330 e. The second-order valence-electron chi connectivity index (χ2n) is 5.52. The molecule has 1 aromatic rings. The van der Waals surface area contributed by atoms with Gasteiger partial charge in [-0.1, -0.05) is 37.3 Å². The van der Waals surface area contributed by atoms with Crippen molar-refractivity contribution in [3.8, 4) is 0 Å². The Bertz CT molecular complexity index is 391. The molecule has 1 fully saturated rings. The van der Waals surface area contributed by atoms with Gasteiger partial charge >= 0.3 is 0 Å². The average Bonchev–Trinajstić information content (AvgIpc) is 2.23. The molecule has 2 rings (SSSR count). The van der Waals surface area contributed by atoms with E-state index in [2.05, 4.69) is 32.9 Å². The van der Waals surface area contributed by atoms with Gasteiger partial charge in [-0.2, -0.15) is 0 Å². The second kappa shape index (κ2) is 3.62. The van der Waals surface area contributed by atoms with Crippen LogP contribution in [0.4, 0.5) is 0 Å². The first-order valence-corrected chi connectivity index (χ1v) is 5.81. The fourth-order valence-electron chi connectivity index (χ4n) is 2.47. The number of benzene rings is 1. The number of likely N-dealkylation sites (tertiary alicyclic amines) is 1. The zero-order chi connectivity index (χ0) is 11.9. The molecule has 0 bridgehead atoms. The van der Waals surface area contributed by atoms with E-state index in [1.165, 1.54) is 5.56 Å². The standard InChI is InChI=1S/C14H19NO/c1-10-12(11-8-6-5-7-9-11)15(13(10)16)14(2,3)4/h5-10,12H,1-4H3. The van der Waals surface area contributed by atoms with Gasteiger partial charge in [-0.15, -0.1) is 0 Å². The third-order valence-electron chi connectivity index (χ3n) is 3.24. The summed E-state index contributed by atoms with van der Waals surface area (Å²) in [6.07, 6.45) is 0. The summed E-state index contributed by atoms with van der Waals surface area (Å²) in [5.74, 6) is 0.378. The predicted molar refractivity (Wildman–Crippen MR) is 64.9 cm³/mol. The van der Waals surface area contributed by atoms with Gasteiger partial charge in [0.2, 0.25) is 5.91 Å². The van der Waals surface area contributed by atoms with Gasteiger partial charge in [0.15, 0.2) is 0 Å². The van der Waals surface area contributed by atoms with Crippen molar-refractivity contribution < 1.29 is 4.79 Å². The summed E-state index contributed by atoms with van der Waals surface area (Å²) in [4.78, 5) is 13.9. The molecular weight excluding hydrogens is 198 g/mol. The molecule has 1 saturated heterocycles. The number of hydrogen-bond acceptors (Lipinski definition) is 1. The van der Waals surface area contributed by atoms with Crippen LogP contribution < -0.4 is 0 Å². The molecular formula is C14H19NO. The number of carbonyl (C=O) groups excluding carboxylic acids is 1. The Labute approximate surface area is 97.3 Å². The summed E-state index contributed by atoms with van der Waals surface area (Å²) in [6, 6.07) is 10.5. The molecule has 0 radical (unpaired) electrons. The Morgan fingerprint density at radius 3 is 2.19 bits per heavy atom. The van der Waals surface area contributed by atoms with E-state index >= 15 is 0 Å². The van der Waals surface area contributed by atoms with E-state index in [9.17, 15) is 4.79 Å². The van der Waals surface area contributed by atoms with Crippen molar-refractivity contribution in [3.63, 3.8) is 0 Å². The van der Waals surface area contributed by atoms with Crippen molar-refractivity contribution in [1.29, 1.82) is 0 Å². The lowest BCUT2D eigenvalue weighted by molar-refractivity contribution is -0.165. The summed E-state index contributed by atoms with van der Waals surface area (Å²) in [6.45, 7) is 8.29. The van der Waals surface area contributed by atoms with Crippen molar-refractivity contribution in [1.82, 2.24) is 4.90 Å². The molecule has 2 heteroatoms. The lowest BCUT2D eigenvalue weighted by atomic mass is 9.80. The summed E-state index contributed by atoms with van der Waals surface area (Å²) >= 11 is 0. The van der Waals surface area contributed by atoms with Gasteiger partial charge in [0.1, 0.15) is 0 Å². The second-order valence-corrected chi connectivity index (χ2v) is 5.52. The third kappa shape index (κ3) is 1.62. The molecule has 1 aliphatic rings. The maximum absolute atomic E-state index is 11.9. The lowest BCUT2D eigenvalue weighted by Crippen LogP contribution is -2.61. The molecule has 0 N–H and O–H groups in total. The molecule has 2 unspecified atom stereocenters. The smallest absolute Gasteiger partial charge is 0.228 e. The van der Waals surface area contributed by atoms with Crippen LogP contribution in [-0.4, -0.2) is 16.3 Å². The van der Waals surface area contributed by atoms with Crippen LogP contribution in [0.3, 0.4) is 0 Å². The maximum atomic E-state index is 11.9. The number of amides is 1. The average molecular weight is 217 g/mol. The van der Waals surface area contributed by atoms with Crippen molar-refractivity contribution >= 4 is 5.91 Å². The van der Waals surface area contributed by atoms with Crippen molar-refractivity contribution in [3.05, 3.63) is 35.9 Å². The largest absolute Gasteiger partial charge is 0.330 e. The Balaban J connectivity index is 2.31. The van der Waals surface area contributed by atoms with E-state index in [1.807, 2.05) is 30.0 Å². The van der Waals surface area contributed by atoms with Crippen molar-refractivity contribution in [2.24, 2.45) is 5.92 Å². The molecule has 0 aromatic heterocycles. The van der Waals surface area contributed by atoms with Gasteiger partial charge in [0.25, 0.3) is 0 Å². The van der Waals surface area contributed by atoms with Gasteiger partial charge < -0.3 is 4.90 Å². The first-order valence-electron chi connectivity index (χ1n) is 5.81. The van der Waals surface area contributed by atoms with Crippen LogP contribution >= 0.6 is 0 Å². The minimum absolute atomic E-state index is 0.0932. The Morgan fingerprint density at radius 2 is 1.69 bits per heavy atom. The Kier molecular flexibility index (Phi) is 2.53. The maximum Gasteiger partial charge on any atom is 0.228 e. The Hall–Kier alpha value is -1.31. The quantitative estimate of drug-likeness (QED) is 0.662. The highest BCUT2D eigenvalue weighted by molar-refractivity contribution is 5.86. The third-order valence-corrected chi connectivity index (χ3v) is 3.24. The highest BCUT2D eigenvalue weighted by Gasteiger charge is 2.49. The normalized spacial score (nSPS) is 25.5. The summed E-state index contributed by atoms with van der Waals surface area (Å²) in [5, 5.41) is 0. The minimum atomic E-state index is -0.0932. The van der Waals surface area contributed by atoms with Gasteiger partial charge in [-0.05, 0) is 26.3 Å². The number of rotatable bonds is 1. The van der Waals surface area contributed by atoms with Crippen LogP contribution in [-0.2, 0) is 4.79 Å². The number of carbonyl (C=O) groups is 1. The fourth-order valence-corrected chi connectivity index (χ4v) is 2.47. The molecule has 1 aliphatic heterocycles. The summed E-state index contributed by atoms with van der Waals surface area (Å²) in [5.41, 5.74) is 1.15. The molecule has 0 saturated carbocycles. The van der Waals surface area contributed by atoms with E-state index in [1.54, 1.807) is 0 Å². The highest BCUT2D eigenvalue weighted by atomic mass is 16.2. The molecule has 16 heavy (non-hydrogen) atoms. The zero-order valence-corrected chi connectivity index (χ0v) is 10.4. The summed E-state index contributed by atoms with van der Waals surface area (Å²) < 4.78 is 0. The van der Waals surface area contributed by atoms with E-state index in [0.29, 0.717) is 0 Å². The Morgan fingerprint density at radius 1 is 1.12 bits per heavy atom. The van der Waals surface area contributed by atoms with Gasteiger partial charge in [0, 0.05) is 5.54 Å². The van der Waals surface area contributed by atoms with Crippen LogP contribution in [0.25, 0.3) is 0 Å². The molecule has 2 nitrogen and oxygen atoms in total. The van der Waals surface area contributed by atoms with Crippen LogP contribution in [0, 0.1) is 5.92 Å². The lowest BCUT2D eigenvalue weighted by Gasteiger charge is -2.53. The van der Waals surface area contributed by atoms with Crippen molar-refractivity contribution in [2.75, 3.05) is 0 Å². The molecule has 1 heterocycles. The first-order chi connectivity index (χ1) is 7.43. The molecule has 86 valence electrons. The fraction of sp³-hybridized carbons (Fsp3) is 0.500. The number of β-lactam (4-membered cyclic amide) rings is 1. The van der Waals surface area contributed by atoms with Crippen LogP contribution in [0.5, 0.6) is 0 Å². The van der Waals surface area contributed by atoms with E-state index in [-0.39, 0.29) is 23.4 Å². The topological polar surface area (TPSA) is 20.3 Å². The SMILES string of the molecule is CC1C(=O)N(C(C)(C)C)C1c1ccccc1. The highest BCUT2D eigenvalue weighted by Crippen LogP contribution is 2.44. The predicted octanol–water partition coefficient (Wildman–Crippen LogP) is 3.00.